The van der Waals surface area contributed by atoms with Crippen molar-refractivity contribution >= 4 is 11.3 Å². The van der Waals surface area contributed by atoms with Gasteiger partial charge in [0, 0.05) is 17.1 Å². The molecule has 0 fully saturated rings. The number of benzene rings is 1. The fraction of sp³-hybridized carbons (Fsp3) is 0.438. The molecule has 2 atom stereocenters. The Morgan fingerprint density at radius 3 is 3.00 bits per heavy atom. The second-order valence-corrected chi connectivity index (χ2v) is 6.23. The highest BCUT2D eigenvalue weighted by atomic mass is 32.1. The summed E-state index contributed by atoms with van der Waals surface area (Å²) >= 11 is 1.69. The zero-order valence-corrected chi connectivity index (χ0v) is 13.2. The van der Waals surface area contributed by atoms with E-state index in [1.54, 1.807) is 11.3 Å². The standard InChI is InChI=1S/C16H20N2O2S/c1-3-8-17-11(2)15-9-18-16(21-15)14-10-19-12-6-4-5-7-13(12)20-14/h4-7,9,11,14,17H,3,8,10H2,1-2H3. The van der Waals surface area contributed by atoms with E-state index in [0.29, 0.717) is 12.6 Å². The Labute approximate surface area is 129 Å². The van der Waals surface area contributed by atoms with Gasteiger partial charge in [-0.1, -0.05) is 19.1 Å². The second-order valence-electron chi connectivity index (χ2n) is 5.14. The minimum absolute atomic E-state index is 0.114. The lowest BCUT2D eigenvalue weighted by Crippen LogP contribution is -2.21. The fourth-order valence-corrected chi connectivity index (χ4v) is 3.21. The number of aromatic nitrogens is 1. The van der Waals surface area contributed by atoms with Crippen LogP contribution in [0.3, 0.4) is 0 Å². The minimum Gasteiger partial charge on any atom is -0.485 e. The predicted octanol–water partition coefficient (Wildman–Crippen LogP) is 3.72. The normalized spacial score (nSPS) is 18.5. The SMILES string of the molecule is CCCNC(C)c1cnc(C2COc3ccccc3O2)s1. The topological polar surface area (TPSA) is 43.4 Å². The van der Waals surface area contributed by atoms with Gasteiger partial charge in [-0.3, -0.25) is 0 Å². The first-order chi connectivity index (χ1) is 10.3. The summed E-state index contributed by atoms with van der Waals surface area (Å²) in [7, 11) is 0. The summed E-state index contributed by atoms with van der Waals surface area (Å²) in [4.78, 5) is 5.75. The van der Waals surface area contributed by atoms with Gasteiger partial charge in [-0.25, -0.2) is 4.98 Å². The summed E-state index contributed by atoms with van der Waals surface area (Å²) in [6.45, 7) is 5.87. The highest BCUT2D eigenvalue weighted by Gasteiger charge is 2.25. The molecule has 2 unspecified atom stereocenters. The Bertz CT molecular complexity index is 599. The Hall–Kier alpha value is -1.59. The average molecular weight is 304 g/mol. The molecule has 112 valence electrons. The van der Waals surface area contributed by atoms with Crippen LogP contribution < -0.4 is 14.8 Å². The molecule has 0 aliphatic carbocycles. The van der Waals surface area contributed by atoms with Crippen LogP contribution in [0.25, 0.3) is 0 Å². The van der Waals surface area contributed by atoms with Crippen molar-refractivity contribution in [2.24, 2.45) is 0 Å². The lowest BCUT2D eigenvalue weighted by molar-refractivity contribution is 0.0911. The molecule has 0 radical (unpaired) electrons. The van der Waals surface area contributed by atoms with E-state index in [2.05, 4.69) is 24.1 Å². The summed E-state index contributed by atoms with van der Waals surface area (Å²) < 4.78 is 11.7. The maximum Gasteiger partial charge on any atom is 0.184 e. The third-order valence-electron chi connectivity index (χ3n) is 3.45. The molecule has 3 rings (SSSR count). The largest absolute Gasteiger partial charge is 0.485 e. The van der Waals surface area contributed by atoms with Crippen molar-refractivity contribution < 1.29 is 9.47 Å². The number of fused-ring (bicyclic) bond motifs is 1. The smallest absolute Gasteiger partial charge is 0.184 e. The number of hydrogen-bond acceptors (Lipinski definition) is 5. The van der Waals surface area contributed by atoms with Crippen molar-refractivity contribution in [2.75, 3.05) is 13.2 Å². The molecule has 0 saturated carbocycles. The van der Waals surface area contributed by atoms with Crippen LogP contribution in [-0.4, -0.2) is 18.1 Å². The fourth-order valence-electron chi connectivity index (χ4n) is 2.25. The predicted molar refractivity (Wildman–Crippen MR) is 84.1 cm³/mol. The van der Waals surface area contributed by atoms with E-state index in [0.717, 1.165) is 29.5 Å². The first-order valence-corrected chi connectivity index (χ1v) is 8.17. The Morgan fingerprint density at radius 1 is 1.38 bits per heavy atom. The number of nitrogens with one attached hydrogen (secondary N) is 1. The zero-order chi connectivity index (χ0) is 14.7. The lowest BCUT2D eigenvalue weighted by Gasteiger charge is -2.24. The van der Waals surface area contributed by atoms with Crippen LogP contribution in [0.15, 0.2) is 30.5 Å². The van der Waals surface area contributed by atoms with Crippen molar-refractivity contribution in [1.82, 2.24) is 10.3 Å². The van der Waals surface area contributed by atoms with E-state index in [4.69, 9.17) is 9.47 Å². The summed E-state index contributed by atoms with van der Waals surface area (Å²) in [6, 6.07) is 8.09. The third kappa shape index (κ3) is 3.19. The van der Waals surface area contributed by atoms with E-state index in [1.807, 2.05) is 30.5 Å². The summed E-state index contributed by atoms with van der Waals surface area (Å²) in [6.07, 6.45) is 2.96. The summed E-state index contributed by atoms with van der Waals surface area (Å²) in [5, 5.41) is 4.46. The van der Waals surface area contributed by atoms with Gasteiger partial charge in [-0.05, 0) is 32.0 Å². The Morgan fingerprint density at radius 2 is 2.19 bits per heavy atom. The van der Waals surface area contributed by atoms with E-state index in [1.165, 1.54) is 4.88 Å². The molecule has 21 heavy (non-hydrogen) atoms. The van der Waals surface area contributed by atoms with E-state index in [9.17, 15) is 0 Å². The number of ether oxygens (including phenoxy) is 2. The van der Waals surface area contributed by atoms with Crippen molar-refractivity contribution in [3.63, 3.8) is 0 Å². The van der Waals surface area contributed by atoms with Crippen LogP contribution in [0.4, 0.5) is 0 Å². The molecule has 2 heterocycles. The van der Waals surface area contributed by atoms with Gasteiger partial charge in [0.15, 0.2) is 17.6 Å². The molecule has 0 bridgehead atoms. The molecule has 0 amide bonds. The molecule has 1 aliphatic heterocycles. The van der Waals surface area contributed by atoms with E-state index < -0.39 is 0 Å². The lowest BCUT2D eigenvalue weighted by atomic mass is 10.2. The third-order valence-corrected chi connectivity index (χ3v) is 4.72. The molecule has 2 aromatic rings. The highest BCUT2D eigenvalue weighted by molar-refractivity contribution is 7.11. The number of rotatable bonds is 5. The van der Waals surface area contributed by atoms with E-state index in [-0.39, 0.29) is 6.10 Å². The Kier molecular flexibility index (Phi) is 4.41. The number of thiazole rings is 1. The minimum atomic E-state index is -0.114. The van der Waals surface area contributed by atoms with Crippen LogP contribution >= 0.6 is 11.3 Å². The molecule has 4 nitrogen and oxygen atoms in total. The van der Waals surface area contributed by atoms with Gasteiger partial charge in [0.2, 0.25) is 0 Å². The van der Waals surface area contributed by atoms with Gasteiger partial charge in [0.05, 0.1) is 0 Å². The van der Waals surface area contributed by atoms with Crippen molar-refractivity contribution in [3.05, 3.63) is 40.3 Å². The number of hydrogen-bond donors (Lipinski definition) is 1. The average Bonchev–Trinajstić information content (AvgIpc) is 3.02. The molecule has 0 spiro atoms. The van der Waals surface area contributed by atoms with Gasteiger partial charge in [0.1, 0.15) is 11.6 Å². The number of nitrogens with zero attached hydrogens (tertiary/aromatic N) is 1. The van der Waals surface area contributed by atoms with Crippen molar-refractivity contribution in [1.29, 1.82) is 0 Å². The van der Waals surface area contributed by atoms with Gasteiger partial charge in [-0.15, -0.1) is 11.3 Å². The molecule has 1 N–H and O–H groups in total. The maximum atomic E-state index is 5.99. The molecular formula is C16H20N2O2S. The molecule has 5 heteroatoms. The monoisotopic (exact) mass is 304 g/mol. The highest BCUT2D eigenvalue weighted by Crippen LogP contribution is 2.37. The summed E-state index contributed by atoms with van der Waals surface area (Å²) in [5.41, 5.74) is 0. The van der Waals surface area contributed by atoms with Crippen LogP contribution in [0.2, 0.25) is 0 Å². The van der Waals surface area contributed by atoms with E-state index >= 15 is 0 Å². The van der Waals surface area contributed by atoms with Crippen LogP contribution in [-0.2, 0) is 0 Å². The Balaban J connectivity index is 1.70. The van der Waals surface area contributed by atoms with Crippen LogP contribution in [0.5, 0.6) is 11.5 Å². The van der Waals surface area contributed by atoms with Gasteiger partial charge >= 0.3 is 0 Å². The first kappa shape index (κ1) is 14.4. The molecule has 1 aliphatic rings. The summed E-state index contributed by atoms with van der Waals surface area (Å²) in [5.74, 6) is 1.60. The van der Waals surface area contributed by atoms with Gasteiger partial charge in [-0.2, -0.15) is 0 Å². The van der Waals surface area contributed by atoms with Crippen molar-refractivity contribution in [3.8, 4) is 11.5 Å². The van der Waals surface area contributed by atoms with Crippen LogP contribution in [0.1, 0.15) is 42.3 Å². The van der Waals surface area contributed by atoms with Gasteiger partial charge < -0.3 is 14.8 Å². The second kappa shape index (κ2) is 6.45. The van der Waals surface area contributed by atoms with Crippen LogP contribution in [0, 0.1) is 0 Å². The molecular weight excluding hydrogens is 284 g/mol. The molecule has 0 saturated heterocycles. The van der Waals surface area contributed by atoms with Gasteiger partial charge in [0.25, 0.3) is 0 Å². The quantitative estimate of drug-likeness (QED) is 0.914. The molecule has 1 aromatic heterocycles. The first-order valence-electron chi connectivity index (χ1n) is 7.35. The molecule has 1 aromatic carbocycles. The number of para-hydroxylation sites is 2. The maximum absolute atomic E-state index is 5.99. The van der Waals surface area contributed by atoms with Crippen molar-refractivity contribution in [2.45, 2.75) is 32.4 Å². The zero-order valence-electron chi connectivity index (χ0n) is 12.3.